The van der Waals surface area contributed by atoms with E-state index in [0.29, 0.717) is 6.54 Å². The molecule has 2 amide bonds. The molecule has 0 spiro atoms. The first-order valence-corrected chi connectivity index (χ1v) is 9.55. The van der Waals surface area contributed by atoms with Crippen molar-refractivity contribution in [1.29, 1.82) is 0 Å². The van der Waals surface area contributed by atoms with Crippen molar-refractivity contribution in [2.75, 3.05) is 11.9 Å². The summed E-state index contributed by atoms with van der Waals surface area (Å²) in [5, 5.41) is 5.78. The van der Waals surface area contributed by atoms with Crippen LogP contribution in [0.3, 0.4) is 0 Å². The summed E-state index contributed by atoms with van der Waals surface area (Å²) in [6.07, 6.45) is 1.99. The number of carbonyl (C=O) groups is 2. The molecular formula is C23H28N2O2. The summed E-state index contributed by atoms with van der Waals surface area (Å²) < 4.78 is 0. The average molecular weight is 364 g/mol. The summed E-state index contributed by atoms with van der Waals surface area (Å²) in [6.45, 7) is 6.89. The van der Waals surface area contributed by atoms with Gasteiger partial charge in [-0.05, 0) is 41.5 Å². The zero-order valence-corrected chi connectivity index (χ0v) is 16.3. The van der Waals surface area contributed by atoms with Crippen molar-refractivity contribution in [2.45, 2.75) is 50.9 Å². The highest BCUT2D eigenvalue weighted by Crippen LogP contribution is 2.48. The Morgan fingerprint density at radius 1 is 0.963 bits per heavy atom. The Bertz CT molecular complexity index is 801. The molecule has 1 aliphatic carbocycles. The van der Waals surface area contributed by atoms with Gasteiger partial charge in [0.25, 0.3) is 0 Å². The summed E-state index contributed by atoms with van der Waals surface area (Å²) in [5.74, 6) is -0.0700. The lowest BCUT2D eigenvalue weighted by Crippen LogP contribution is -2.36. The standard InChI is InChI=1S/C23H28N2O2/c1-22(2,3)17-9-11-18(12-10-17)23(14-15-23)21(27)24-16-13-20(26)25-19-7-5-4-6-8-19/h4-12H,13-16H2,1-3H3,(H,24,27)(H,25,26). The minimum atomic E-state index is -0.410. The molecule has 0 aliphatic heterocycles. The fourth-order valence-corrected chi connectivity index (χ4v) is 3.26. The Hall–Kier alpha value is -2.62. The highest BCUT2D eigenvalue weighted by Gasteiger charge is 2.51. The number of benzene rings is 2. The van der Waals surface area contributed by atoms with E-state index in [1.54, 1.807) is 0 Å². The summed E-state index contributed by atoms with van der Waals surface area (Å²) in [4.78, 5) is 24.7. The first kappa shape index (κ1) is 19.2. The van der Waals surface area contributed by atoms with Gasteiger partial charge in [0.15, 0.2) is 0 Å². The van der Waals surface area contributed by atoms with Crippen LogP contribution in [0.25, 0.3) is 0 Å². The molecule has 2 aromatic carbocycles. The first-order chi connectivity index (χ1) is 12.8. The first-order valence-electron chi connectivity index (χ1n) is 9.55. The topological polar surface area (TPSA) is 58.2 Å². The zero-order valence-electron chi connectivity index (χ0n) is 16.3. The Morgan fingerprint density at radius 3 is 2.15 bits per heavy atom. The van der Waals surface area contributed by atoms with Crippen LogP contribution in [0.15, 0.2) is 54.6 Å². The van der Waals surface area contributed by atoms with E-state index in [9.17, 15) is 9.59 Å². The lowest BCUT2D eigenvalue weighted by Gasteiger charge is -2.21. The van der Waals surface area contributed by atoms with Gasteiger partial charge in [-0.2, -0.15) is 0 Å². The van der Waals surface area contributed by atoms with Crippen LogP contribution < -0.4 is 10.6 Å². The van der Waals surface area contributed by atoms with Gasteiger partial charge in [-0.1, -0.05) is 63.2 Å². The van der Waals surface area contributed by atoms with Gasteiger partial charge in [0.05, 0.1) is 5.41 Å². The van der Waals surface area contributed by atoms with Crippen molar-refractivity contribution < 1.29 is 9.59 Å². The minimum Gasteiger partial charge on any atom is -0.355 e. The predicted molar refractivity (Wildman–Crippen MR) is 109 cm³/mol. The number of hydrogen-bond acceptors (Lipinski definition) is 2. The average Bonchev–Trinajstić information content (AvgIpc) is 3.44. The molecule has 1 saturated carbocycles. The summed E-state index contributed by atoms with van der Waals surface area (Å²) in [7, 11) is 0. The fraction of sp³-hybridized carbons (Fsp3) is 0.391. The highest BCUT2D eigenvalue weighted by molar-refractivity contribution is 5.93. The molecule has 4 nitrogen and oxygen atoms in total. The van der Waals surface area contributed by atoms with E-state index < -0.39 is 5.41 Å². The van der Waals surface area contributed by atoms with Crippen LogP contribution in [-0.2, 0) is 20.4 Å². The Labute approximate surface area is 161 Å². The summed E-state index contributed by atoms with van der Waals surface area (Å²) in [6, 6.07) is 17.7. The normalized spacial score (nSPS) is 15.1. The molecule has 0 bridgehead atoms. The maximum atomic E-state index is 12.7. The molecule has 4 heteroatoms. The van der Waals surface area contributed by atoms with Crippen LogP contribution >= 0.6 is 0 Å². The van der Waals surface area contributed by atoms with E-state index in [1.807, 2.05) is 30.3 Å². The molecule has 0 saturated heterocycles. The van der Waals surface area contributed by atoms with Gasteiger partial charge in [-0.15, -0.1) is 0 Å². The van der Waals surface area contributed by atoms with E-state index in [0.717, 1.165) is 24.1 Å². The molecule has 0 atom stereocenters. The molecule has 2 aromatic rings. The Balaban J connectivity index is 1.52. The molecule has 0 radical (unpaired) electrons. The third-order valence-corrected chi connectivity index (χ3v) is 5.18. The van der Waals surface area contributed by atoms with E-state index >= 15 is 0 Å². The molecular weight excluding hydrogens is 336 g/mol. The fourth-order valence-electron chi connectivity index (χ4n) is 3.26. The van der Waals surface area contributed by atoms with Gasteiger partial charge in [0, 0.05) is 18.7 Å². The number of nitrogens with one attached hydrogen (secondary N) is 2. The molecule has 2 N–H and O–H groups in total. The van der Waals surface area contributed by atoms with Crippen molar-refractivity contribution in [2.24, 2.45) is 0 Å². The zero-order chi connectivity index (χ0) is 19.5. The number of rotatable bonds is 6. The van der Waals surface area contributed by atoms with Crippen LogP contribution in [0.2, 0.25) is 0 Å². The van der Waals surface area contributed by atoms with E-state index in [1.165, 1.54) is 5.56 Å². The molecule has 0 aromatic heterocycles. The van der Waals surface area contributed by atoms with Gasteiger partial charge in [-0.3, -0.25) is 9.59 Å². The number of anilines is 1. The van der Waals surface area contributed by atoms with Gasteiger partial charge < -0.3 is 10.6 Å². The number of para-hydroxylation sites is 1. The van der Waals surface area contributed by atoms with Gasteiger partial charge in [0.1, 0.15) is 0 Å². The molecule has 27 heavy (non-hydrogen) atoms. The van der Waals surface area contributed by atoms with Crippen LogP contribution in [0.4, 0.5) is 5.69 Å². The highest BCUT2D eigenvalue weighted by atomic mass is 16.2. The molecule has 142 valence electrons. The lowest BCUT2D eigenvalue weighted by atomic mass is 9.85. The van der Waals surface area contributed by atoms with Gasteiger partial charge in [0.2, 0.25) is 11.8 Å². The van der Waals surface area contributed by atoms with Crippen LogP contribution in [0.1, 0.15) is 51.2 Å². The second-order valence-electron chi connectivity index (χ2n) is 8.33. The van der Waals surface area contributed by atoms with E-state index in [-0.39, 0.29) is 23.7 Å². The second kappa shape index (κ2) is 7.55. The van der Waals surface area contributed by atoms with E-state index in [4.69, 9.17) is 0 Å². The number of amides is 2. The third kappa shape index (κ3) is 4.57. The lowest BCUT2D eigenvalue weighted by molar-refractivity contribution is -0.123. The van der Waals surface area contributed by atoms with Crippen LogP contribution in [0.5, 0.6) is 0 Å². The minimum absolute atomic E-state index is 0.0264. The van der Waals surface area contributed by atoms with Crippen molar-refractivity contribution in [3.8, 4) is 0 Å². The van der Waals surface area contributed by atoms with Gasteiger partial charge in [-0.25, -0.2) is 0 Å². The van der Waals surface area contributed by atoms with Gasteiger partial charge >= 0.3 is 0 Å². The molecule has 1 aliphatic rings. The number of carbonyl (C=O) groups excluding carboxylic acids is 2. The predicted octanol–water partition coefficient (Wildman–Crippen LogP) is 4.16. The van der Waals surface area contributed by atoms with Crippen molar-refractivity contribution in [1.82, 2.24) is 5.32 Å². The molecule has 0 unspecified atom stereocenters. The van der Waals surface area contributed by atoms with Crippen molar-refractivity contribution >= 4 is 17.5 Å². The van der Waals surface area contributed by atoms with Crippen molar-refractivity contribution in [3.63, 3.8) is 0 Å². The smallest absolute Gasteiger partial charge is 0.230 e. The third-order valence-electron chi connectivity index (χ3n) is 5.18. The quantitative estimate of drug-likeness (QED) is 0.808. The Kier molecular flexibility index (Phi) is 5.36. The maximum Gasteiger partial charge on any atom is 0.230 e. The number of hydrogen-bond donors (Lipinski definition) is 2. The molecule has 0 heterocycles. The van der Waals surface area contributed by atoms with Crippen LogP contribution in [-0.4, -0.2) is 18.4 Å². The molecule has 1 fully saturated rings. The van der Waals surface area contributed by atoms with Crippen molar-refractivity contribution in [3.05, 3.63) is 65.7 Å². The second-order valence-corrected chi connectivity index (χ2v) is 8.33. The monoisotopic (exact) mass is 364 g/mol. The van der Waals surface area contributed by atoms with Crippen LogP contribution in [0, 0.1) is 0 Å². The maximum absolute atomic E-state index is 12.7. The molecule has 3 rings (SSSR count). The summed E-state index contributed by atoms with van der Waals surface area (Å²) >= 11 is 0. The Morgan fingerprint density at radius 2 is 1.59 bits per heavy atom. The largest absolute Gasteiger partial charge is 0.355 e. The van der Waals surface area contributed by atoms with E-state index in [2.05, 4.69) is 55.7 Å². The SMILES string of the molecule is CC(C)(C)c1ccc(C2(C(=O)NCCC(=O)Nc3ccccc3)CC2)cc1. The summed E-state index contributed by atoms with van der Waals surface area (Å²) in [5.41, 5.74) is 2.80.